The molecule has 2 radical (unpaired) electrons. The average molecular weight is 739 g/mol. The third-order valence-corrected chi connectivity index (χ3v) is 8.46. The zero-order valence-electron chi connectivity index (χ0n) is 30.0. The zero-order valence-corrected chi connectivity index (χ0v) is 30.0. The summed E-state index contributed by atoms with van der Waals surface area (Å²) in [4.78, 5) is 85.2. The van der Waals surface area contributed by atoms with Crippen molar-refractivity contribution in [3.05, 3.63) is 45.2 Å². The van der Waals surface area contributed by atoms with Gasteiger partial charge in [-0.25, -0.2) is 29.1 Å². The van der Waals surface area contributed by atoms with E-state index in [1.165, 1.54) is 38.9 Å². The molecule has 5 unspecified atom stereocenters. The van der Waals surface area contributed by atoms with E-state index in [1.54, 1.807) is 13.8 Å². The highest BCUT2D eigenvalue weighted by atomic mass is 16.6. The van der Waals surface area contributed by atoms with Crippen molar-refractivity contribution in [2.75, 3.05) is 23.7 Å². The minimum Gasteiger partial charge on any atom is -0.518 e. The Balaban J connectivity index is 1.08. The van der Waals surface area contributed by atoms with Gasteiger partial charge in [0.1, 0.15) is 11.1 Å². The second-order valence-corrected chi connectivity index (χ2v) is 13.9. The van der Waals surface area contributed by atoms with Gasteiger partial charge in [0.05, 0.1) is 0 Å². The zero-order chi connectivity index (χ0) is 38.4. The molecule has 2 heterocycles. The Hall–Kier alpha value is -5.11. The molecule has 2 aromatic rings. The van der Waals surface area contributed by atoms with Crippen molar-refractivity contribution in [3.63, 3.8) is 0 Å². The fraction of sp³-hybridized carbons (Fsp3) is 0.613. The third-order valence-electron chi connectivity index (χ3n) is 8.46. The Morgan fingerprint density at radius 3 is 1.77 bits per heavy atom. The number of aromatic amines is 2. The number of amides is 6. The molecule has 2 aromatic heterocycles. The molecule has 2 aliphatic carbocycles. The van der Waals surface area contributed by atoms with Gasteiger partial charge in [-0.15, -0.1) is 0 Å². The van der Waals surface area contributed by atoms with E-state index in [0.29, 0.717) is 25.9 Å². The van der Waals surface area contributed by atoms with Crippen LogP contribution in [0.25, 0.3) is 0 Å². The van der Waals surface area contributed by atoms with Crippen molar-refractivity contribution in [1.82, 2.24) is 41.2 Å². The summed E-state index contributed by atoms with van der Waals surface area (Å²) in [6.45, 7) is 5.29. The number of ether oxygens (including phenoxy) is 1. The van der Waals surface area contributed by atoms with E-state index in [0.717, 1.165) is 46.0 Å². The molecule has 2 fully saturated rings. The highest BCUT2D eigenvalue weighted by molar-refractivity contribution is 6.38. The van der Waals surface area contributed by atoms with Gasteiger partial charge in [0.25, 0.3) is 11.1 Å². The fourth-order valence-electron chi connectivity index (χ4n) is 6.00. The molecule has 286 valence electrons. The number of alkyl carbamates (subject to hydrolysis) is 1. The smallest absolute Gasteiger partial charge is 0.426 e. The van der Waals surface area contributed by atoms with Crippen LogP contribution in [0.4, 0.5) is 31.1 Å². The minimum absolute atomic E-state index is 0.0432. The Kier molecular flexibility index (Phi) is 14.7. The van der Waals surface area contributed by atoms with E-state index in [1.807, 2.05) is 0 Å². The van der Waals surface area contributed by atoms with Crippen molar-refractivity contribution < 1.29 is 33.2 Å². The maximum Gasteiger partial charge on any atom is 0.426 e. The van der Waals surface area contributed by atoms with Crippen LogP contribution in [0.3, 0.4) is 0 Å². The van der Waals surface area contributed by atoms with E-state index in [-0.39, 0.29) is 46.9 Å². The summed E-state index contributed by atoms with van der Waals surface area (Å²) in [6, 6.07) is 1.25. The second kappa shape index (κ2) is 19.1. The Labute approximate surface area is 307 Å². The van der Waals surface area contributed by atoms with Gasteiger partial charge in [-0.1, -0.05) is 12.8 Å². The fourth-order valence-corrected chi connectivity index (χ4v) is 6.00. The summed E-state index contributed by atoms with van der Waals surface area (Å²) in [5, 5.41) is 16.2. The van der Waals surface area contributed by atoms with Crippen molar-refractivity contribution in [1.29, 1.82) is 0 Å². The minimum atomic E-state index is -1.55. The summed E-state index contributed by atoms with van der Waals surface area (Å²) in [5.74, 6) is 0.272. The SMILES string of the molecule is CC(C)([B]OC(C)(N)[B]OC(=O)NCC1CCCC(NC(=O)Nc2nccc(=O)[nH]2)C1)OC(=O)NCC1CCCC(NC(=O)Nc2nccc(=O)[nH]2)C1. The van der Waals surface area contributed by atoms with Crippen LogP contribution in [0.15, 0.2) is 34.1 Å². The van der Waals surface area contributed by atoms with E-state index in [2.05, 4.69) is 51.8 Å². The average Bonchev–Trinajstić information content (AvgIpc) is 3.08. The number of H-pyrrole nitrogens is 2. The number of aromatic nitrogens is 4. The van der Waals surface area contributed by atoms with Crippen molar-refractivity contribution in [2.24, 2.45) is 17.6 Å². The molecule has 5 atom stereocenters. The number of carbonyl (C=O) groups excluding carboxylic acids is 4. The van der Waals surface area contributed by atoms with Gasteiger partial charge < -0.3 is 41.0 Å². The van der Waals surface area contributed by atoms with Crippen LogP contribution in [0.1, 0.15) is 72.1 Å². The van der Waals surface area contributed by atoms with Crippen LogP contribution in [0, 0.1) is 11.8 Å². The van der Waals surface area contributed by atoms with Gasteiger partial charge >= 0.3 is 39.2 Å². The first kappa shape index (κ1) is 40.7. The lowest BCUT2D eigenvalue weighted by atomic mass is 9.74. The van der Waals surface area contributed by atoms with Crippen LogP contribution in [-0.2, 0) is 14.0 Å². The van der Waals surface area contributed by atoms with Crippen LogP contribution in [0.2, 0.25) is 0 Å². The Morgan fingerprint density at radius 1 is 0.792 bits per heavy atom. The first-order valence-corrected chi connectivity index (χ1v) is 17.5. The number of rotatable bonds is 14. The number of nitrogens with zero attached hydrogens (tertiary/aromatic N) is 2. The molecule has 0 saturated heterocycles. The number of hydrogen-bond donors (Lipinski definition) is 9. The molecule has 10 N–H and O–H groups in total. The molecular formula is C31H47B2N11O9. The highest BCUT2D eigenvalue weighted by Crippen LogP contribution is 2.25. The predicted molar refractivity (Wildman–Crippen MR) is 194 cm³/mol. The highest BCUT2D eigenvalue weighted by Gasteiger charge is 2.34. The third kappa shape index (κ3) is 15.2. The summed E-state index contributed by atoms with van der Waals surface area (Å²) < 4.78 is 16.2. The lowest BCUT2D eigenvalue weighted by Crippen LogP contribution is -2.53. The Morgan fingerprint density at radius 2 is 1.28 bits per heavy atom. The molecule has 0 aliphatic heterocycles. The molecule has 22 heteroatoms. The topological polar surface area (TPSA) is 286 Å². The van der Waals surface area contributed by atoms with E-state index in [9.17, 15) is 28.8 Å². The van der Waals surface area contributed by atoms with Crippen molar-refractivity contribution >= 4 is 51.1 Å². The van der Waals surface area contributed by atoms with Gasteiger partial charge in [-0.05, 0) is 71.1 Å². The molecule has 0 bridgehead atoms. The van der Waals surface area contributed by atoms with E-state index < -0.39 is 35.4 Å². The molecule has 53 heavy (non-hydrogen) atoms. The number of anilines is 2. The molecule has 4 rings (SSSR count). The number of urea groups is 2. The van der Waals surface area contributed by atoms with E-state index in [4.69, 9.17) is 19.8 Å². The Bertz CT molecular complexity index is 1680. The van der Waals surface area contributed by atoms with Crippen LogP contribution in [0.5, 0.6) is 0 Å². The van der Waals surface area contributed by atoms with Gasteiger partial charge in [0, 0.05) is 49.7 Å². The van der Waals surface area contributed by atoms with Gasteiger partial charge in [-0.2, -0.15) is 0 Å². The number of hydrogen-bond acceptors (Lipinski definition) is 12. The van der Waals surface area contributed by atoms with Crippen molar-refractivity contribution in [2.45, 2.75) is 95.3 Å². The van der Waals surface area contributed by atoms with Crippen LogP contribution < -0.4 is 48.8 Å². The monoisotopic (exact) mass is 739 g/mol. The molecule has 0 aromatic carbocycles. The van der Waals surface area contributed by atoms with Gasteiger partial charge in [-0.3, -0.25) is 30.2 Å². The largest absolute Gasteiger partial charge is 0.518 e. The summed E-state index contributed by atoms with van der Waals surface area (Å²) in [5.41, 5.74) is 2.60. The lowest BCUT2D eigenvalue weighted by Gasteiger charge is -2.31. The lowest BCUT2D eigenvalue weighted by molar-refractivity contribution is 0.0659. The maximum atomic E-state index is 12.6. The summed E-state index contributed by atoms with van der Waals surface area (Å²) >= 11 is 0. The van der Waals surface area contributed by atoms with Gasteiger partial charge in [0.2, 0.25) is 11.9 Å². The summed E-state index contributed by atoms with van der Waals surface area (Å²) in [6.07, 6.45) is 7.37. The first-order valence-electron chi connectivity index (χ1n) is 17.5. The quantitative estimate of drug-likeness (QED) is 0.0969. The van der Waals surface area contributed by atoms with Crippen LogP contribution >= 0.6 is 0 Å². The molecular weight excluding hydrogens is 692 g/mol. The molecule has 20 nitrogen and oxygen atoms in total. The first-order chi connectivity index (χ1) is 25.1. The number of nitrogens with two attached hydrogens (primary N) is 1. The van der Waals surface area contributed by atoms with Gasteiger partial charge in [0.15, 0.2) is 0 Å². The normalized spacial score (nSPS) is 21.1. The standard InChI is InChI=1S/C31H47B2N11O9/c1-30(2,51-28(49)37-16-18-6-4-8-20(14-18)39-26(47)43-24-35-12-10-22(45)41-24)32-53-31(3,34)33-52-29(50)38-17-19-7-5-9-21(15-19)40-27(48)44-25-36-13-11-23(46)42-25/h10-13,18-21H,4-9,14-17,34H2,1-3H3,(H,37,49)(H,38,50)(H3,35,39,41,43,45,47)(H3,36,40,42,44,46,48). The van der Waals surface area contributed by atoms with E-state index >= 15 is 0 Å². The second-order valence-electron chi connectivity index (χ2n) is 13.9. The molecule has 0 spiro atoms. The molecule has 6 amide bonds. The predicted octanol–water partition coefficient (Wildman–Crippen LogP) is 0.990. The molecule has 2 saturated carbocycles. The van der Waals surface area contributed by atoms with Crippen LogP contribution in [-0.4, -0.2) is 95.4 Å². The number of nitrogens with one attached hydrogen (secondary N) is 8. The summed E-state index contributed by atoms with van der Waals surface area (Å²) in [7, 11) is 2.26. The number of carbonyl (C=O) groups is 4. The van der Waals surface area contributed by atoms with Crippen molar-refractivity contribution in [3.8, 4) is 0 Å². The molecule has 2 aliphatic rings. The maximum absolute atomic E-state index is 12.6.